The molecule has 1 saturated heterocycles. The van der Waals surface area contributed by atoms with E-state index in [1.54, 1.807) is 18.2 Å². The zero-order valence-corrected chi connectivity index (χ0v) is 17.7. The van der Waals surface area contributed by atoms with Crippen molar-refractivity contribution in [1.29, 1.82) is 0 Å². The van der Waals surface area contributed by atoms with Gasteiger partial charge in [0.1, 0.15) is 35.2 Å². The molecule has 178 valence electrons. The summed E-state index contributed by atoms with van der Waals surface area (Å²) in [5, 5.41) is 3.48. The highest BCUT2D eigenvalue weighted by atomic mass is 19.4. The number of hydrazine groups is 1. The van der Waals surface area contributed by atoms with Gasteiger partial charge in [-0.1, -0.05) is 12.1 Å². The summed E-state index contributed by atoms with van der Waals surface area (Å²) in [7, 11) is 1.43. The second-order valence-electron chi connectivity index (χ2n) is 7.90. The highest BCUT2D eigenvalue weighted by Gasteiger charge is 2.59. The van der Waals surface area contributed by atoms with Crippen LogP contribution in [0.25, 0.3) is 16.7 Å². The quantitative estimate of drug-likeness (QED) is 0.555. The number of methoxy groups -OCH3 is 1. The molecule has 12 heteroatoms. The van der Waals surface area contributed by atoms with Gasteiger partial charge in [-0.25, -0.2) is 24.2 Å². The van der Waals surface area contributed by atoms with E-state index >= 15 is 0 Å². The summed E-state index contributed by atoms with van der Waals surface area (Å²) in [6, 6.07) is 5.25. The van der Waals surface area contributed by atoms with Crippen molar-refractivity contribution in [3.63, 3.8) is 0 Å². The number of ether oxygens (including phenoxy) is 1. The number of nitrogens with zero attached hydrogens (tertiary/aromatic N) is 2. The first-order valence-electron chi connectivity index (χ1n) is 10.1. The number of carbonyl (C=O) groups is 1. The second-order valence-corrected chi connectivity index (χ2v) is 7.90. The first kappa shape index (κ1) is 22.1. The number of halogens is 5. The molecule has 7 nitrogen and oxygen atoms in total. The van der Waals surface area contributed by atoms with E-state index in [-0.39, 0.29) is 17.2 Å². The molecular formula is C22H17F5N4O3. The third kappa shape index (κ3) is 3.28. The summed E-state index contributed by atoms with van der Waals surface area (Å²) in [6.45, 7) is 1.45. The van der Waals surface area contributed by atoms with Crippen molar-refractivity contribution in [2.24, 2.45) is 0 Å². The maximum atomic E-state index is 14.5. The average molecular weight is 480 g/mol. The normalized spacial score (nSPS) is 22.9. The third-order valence-corrected chi connectivity index (χ3v) is 5.93. The fourth-order valence-corrected chi connectivity index (χ4v) is 4.44. The number of hydrogen-bond donors (Lipinski definition) is 2. The van der Waals surface area contributed by atoms with Gasteiger partial charge in [-0.3, -0.25) is 4.79 Å². The lowest BCUT2D eigenvalue weighted by Crippen LogP contribution is -2.54. The zero-order valence-electron chi connectivity index (χ0n) is 17.7. The van der Waals surface area contributed by atoms with Crippen LogP contribution < -0.4 is 15.5 Å². The van der Waals surface area contributed by atoms with Crippen molar-refractivity contribution >= 4 is 22.6 Å². The van der Waals surface area contributed by atoms with Gasteiger partial charge in [0.2, 0.25) is 5.89 Å². The lowest BCUT2D eigenvalue weighted by Gasteiger charge is -2.34. The fraction of sp³-hybridized carbons (Fsp3) is 0.273. The molecule has 3 unspecified atom stereocenters. The van der Waals surface area contributed by atoms with Gasteiger partial charge >= 0.3 is 6.18 Å². The van der Waals surface area contributed by atoms with Crippen molar-refractivity contribution in [2.45, 2.75) is 31.2 Å². The maximum Gasteiger partial charge on any atom is 0.406 e. The Morgan fingerprint density at radius 3 is 2.44 bits per heavy atom. The lowest BCUT2D eigenvalue weighted by molar-refractivity contribution is -0.161. The summed E-state index contributed by atoms with van der Waals surface area (Å²) in [5.74, 6) is -4.73. The van der Waals surface area contributed by atoms with Crippen LogP contribution in [0.5, 0.6) is 5.75 Å². The highest BCUT2D eigenvalue weighted by Crippen LogP contribution is 2.44. The van der Waals surface area contributed by atoms with Gasteiger partial charge in [-0.05, 0) is 31.2 Å². The summed E-state index contributed by atoms with van der Waals surface area (Å²) in [6.07, 6.45) is -6.34. The van der Waals surface area contributed by atoms with Gasteiger partial charge < -0.3 is 14.5 Å². The molecule has 3 heterocycles. The number of benzene rings is 2. The number of alkyl halides is 3. The van der Waals surface area contributed by atoms with E-state index in [1.165, 1.54) is 14.0 Å². The molecule has 3 atom stereocenters. The topological polar surface area (TPSA) is 79.6 Å². The molecule has 5 rings (SSSR count). The lowest BCUT2D eigenvalue weighted by atomic mass is 9.88. The Morgan fingerprint density at radius 2 is 1.79 bits per heavy atom. The molecule has 1 amide bonds. The van der Waals surface area contributed by atoms with E-state index in [0.29, 0.717) is 21.9 Å². The van der Waals surface area contributed by atoms with Crippen LogP contribution in [0.2, 0.25) is 0 Å². The van der Waals surface area contributed by atoms with Crippen LogP contribution in [-0.2, 0) is 4.79 Å². The van der Waals surface area contributed by atoms with Crippen molar-refractivity contribution in [2.75, 3.05) is 7.11 Å². The van der Waals surface area contributed by atoms with Crippen LogP contribution >= 0.6 is 0 Å². The predicted octanol–water partition coefficient (Wildman–Crippen LogP) is 3.84. The summed E-state index contributed by atoms with van der Waals surface area (Å²) in [4.78, 5) is 17.6. The summed E-state index contributed by atoms with van der Waals surface area (Å²) in [5.41, 5.74) is 1.97. The fourth-order valence-electron chi connectivity index (χ4n) is 4.44. The Bertz CT molecular complexity index is 1320. The molecule has 0 saturated carbocycles. The minimum absolute atomic E-state index is 0.127. The molecule has 0 spiro atoms. The van der Waals surface area contributed by atoms with Crippen molar-refractivity contribution in [3.8, 4) is 5.75 Å². The second kappa shape index (κ2) is 7.69. The molecule has 2 aliphatic heterocycles. The first-order chi connectivity index (χ1) is 16.1. The maximum absolute atomic E-state index is 14.5. The molecular weight excluding hydrogens is 463 g/mol. The van der Waals surface area contributed by atoms with Crippen LogP contribution in [0.3, 0.4) is 0 Å². The number of para-hydroxylation sites is 1. The number of oxazole rings is 1. The number of allylic oxidation sites excluding steroid dienone is 1. The SMILES string of the molecule is COc1cccc2oc(C3=C(C)NC4C(c5c(F)cccc5F)C(C(F)(F)F)NN4C3=O)nc12. The van der Waals surface area contributed by atoms with Gasteiger partial charge in [0, 0.05) is 11.3 Å². The molecule has 0 aliphatic carbocycles. The number of rotatable bonds is 3. The largest absolute Gasteiger partial charge is 0.494 e. The van der Waals surface area contributed by atoms with Gasteiger partial charge in [0.05, 0.1) is 13.0 Å². The summed E-state index contributed by atoms with van der Waals surface area (Å²) < 4.78 is 81.8. The molecule has 1 fully saturated rings. The minimum Gasteiger partial charge on any atom is -0.494 e. The van der Waals surface area contributed by atoms with E-state index in [0.717, 1.165) is 18.2 Å². The Balaban J connectivity index is 1.61. The molecule has 1 aromatic heterocycles. The van der Waals surface area contributed by atoms with Crippen LogP contribution in [0.4, 0.5) is 22.0 Å². The smallest absolute Gasteiger partial charge is 0.406 e. The first-order valence-corrected chi connectivity index (χ1v) is 10.1. The van der Waals surface area contributed by atoms with Crippen molar-refractivity contribution in [1.82, 2.24) is 20.7 Å². The van der Waals surface area contributed by atoms with Crippen molar-refractivity contribution in [3.05, 3.63) is 65.2 Å². The number of fused-ring (bicyclic) bond motifs is 2. The molecule has 34 heavy (non-hydrogen) atoms. The van der Waals surface area contributed by atoms with Gasteiger partial charge in [-0.2, -0.15) is 13.2 Å². The van der Waals surface area contributed by atoms with E-state index in [4.69, 9.17) is 9.15 Å². The molecule has 0 bridgehead atoms. The average Bonchev–Trinajstić information content (AvgIpc) is 3.35. The molecule has 2 aromatic carbocycles. The highest BCUT2D eigenvalue weighted by molar-refractivity contribution is 6.20. The predicted molar refractivity (Wildman–Crippen MR) is 109 cm³/mol. The minimum atomic E-state index is -4.92. The molecule has 0 radical (unpaired) electrons. The van der Waals surface area contributed by atoms with Crippen LogP contribution in [0.15, 0.2) is 46.5 Å². The van der Waals surface area contributed by atoms with E-state index < -0.39 is 47.4 Å². The number of amides is 1. The number of hydrogen-bond acceptors (Lipinski definition) is 6. The Kier molecular flexibility index (Phi) is 5.01. The van der Waals surface area contributed by atoms with Crippen molar-refractivity contribution < 1.29 is 35.9 Å². The van der Waals surface area contributed by atoms with E-state index in [2.05, 4.69) is 15.7 Å². The monoisotopic (exact) mass is 480 g/mol. The van der Waals surface area contributed by atoms with E-state index in [9.17, 15) is 26.7 Å². The Hall–Kier alpha value is -3.67. The van der Waals surface area contributed by atoms with Crippen LogP contribution in [0, 0.1) is 11.6 Å². The number of carbonyl (C=O) groups excluding carboxylic acids is 1. The number of nitrogens with one attached hydrogen (secondary N) is 2. The van der Waals surface area contributed by atoms with Gasteiger partial charge in [0.25, 0.3) is 5.91 Å². The Labute approximate surface area is 189 Å². The molecule has 2 aliphatic rings. The van der Waals surface area contributed by atoms with Gasteiger partial charge in [-0.15, -0.1) is 0 Å². The van der Waals surface area contributed by atoms with Crippen LogP contribution in [-0.4, -0.2) is 41.4 Å². The zero-order chi connectivity index (χ0) is 24.4. The molecule has 3 aromatic rings. The number of aromatic nitrogens is 1. The van der Waals surface area contributed by atoms with Gasteiger partial charge in [0.15, 0.2) is 11.1 Å². The third-order valence-electron chi connectivity index (χ3n) is 5.93. The van der Waals surface area contributed by atoms with E-state index in [1.807, 2.05) is 0 Å². The molecule has 2 N–H and O–H groups in total. The standard InChI is InChI=1S/C22H17F5N4O3/c1-9-14(20-29-17-12(33-2)7-4-8-13(17)34-20)21(32)31-19(28-9)16(18(30-31)22(25,26)27)15-10(23)5-3-6-11(15)24/h3-8,16,18-19,28,30H,1-2H3. The summed E-state index contributed by atoms with van der Waals surface area (Å²) >= 11 is 0. The Morgan fingerprint density at radius 1 is 1.12 bits per heavy atom. The van der Waals surface area contributed by atoms with Crippen LogP contribution in [0.1, 0.15) is 24.3 Å².